The van der Waals surface area contributed by atoms with Gasteiger partial charge in [-0.2, -0.15) is 13.2 Å². The fraction of sp³-hybridized carbons (Fsp3) is 0.143. The number of methoxy groups -OCH3 is 1. The number of hydrogen-bond acceptors (Lipinski definition) is 3. The van der Waals surface area contributed by atoms with Crippen LogP contribution in [0.1, 0.15) is 5.56 Å². The number of anilines is 1. The van der Waals surface area contributed by atoms with Gasteiger partial charge in [0.05, 0.1) is 12.7 Å². The van der Waals surface area contributed by atoms with Crippen molar-refractivity contribution in [2.24, 2.45) is 0 Å². The number of benzene rings is 2. The average Bonchev–Trinajstić information content (AvgIpc) is 2.37. The lowest BCUT2D eigenvalue weighted by Gasteiger charge is -2.14. The molecule has 0 bridgehead atoms. The fourth-order valence-electron chi connectivity index (χ4n) is 1.69. The van der Waals surface area contributed by atoms with Crippen LogP contribution >= 0.6 is 0 Å². The first-order chi connectivity index (χ1) is 9.40. The van der Waals surface area contributed by atoms with Gasteiger partial charge < -0.3 is 15.2 Å². The van der Waals surface area contributed by atoms with Gasteiger partial charge in [-0.1, -0.05) is 12.1 Å². The Balaban J connectivity index is 2.38. The zero-order chi connectivity index (χ0) is 14.8. The van der Waals surface area contributed by atoms with Gasteiger partial charge in [0.25, 0.3) is 0 Å². The van der Waals surface area contributed by atoms with Gasteiger partial charge in [0.1, 0.15) is 17.2 Å². The van der Waals surface area contributed by atoms with E-state index in [1.807, 2.05) is 0 Å². The van der Waals surface area contributed by atoms with Crippen molar-refractivity contribution in [2.45, 2.75) is 6.18 Å². The number of ether oxygens (including phenoxy) is 2. The maximum atomic E-state index is 12.8. The highest BCUT2D eigenvalue weighted by Crippen LogP contribution is 2.38. The van der Waals surface area contributed by atoms with E-state index in [2.05, 4.69) is 0 Å². The molecule has 0 aromatic heterocycles. The lowest BCUT2D eigenvalue weighted by molar-refractivity contribution is -0.138. The van der Waals surface area contributed by atoms with Crippen LogP contribution in [0.3, 0.4) is 0 Å². The van der Waals surface area contributed by atoms with Crippen molar-refractivity contribution in [3.63, 3.8) is 0 Å². The third kappa shape index (κ3) is 3.14. The summed E-state index contributed by atoms with van der Waals surface area (Å²) in [4.78, 5) is 0. The molecule has 0 unspecified atom stereocenters. The molecule has 0 saturated carbocycles. The zero-order valence-electron chi connectivity index (χ0n) is 10.6. The molecule has 20 heavy (non-hydrogen) atoms. The van der Waals surface area contributed by atoms with Crippen molar-refractivity contribution in [2.75, 3.05) is 12.8 Å². The number of halogens is 3. The van der Waals surface area contributed by atoms with E-state index in [0.29, 0.717) is 11.4 Å². The number of para-hydroxylation sites is 1. The lowest BCUT2D eigenvalue weighted by atomic mass is 10.2. The first-order valence-corrected chi connectivity index (χ1v) is 5.69. The summed E-state index contributed by atoms with van der Waals surface area (Å²) in [5.41, 5.74) is 5.12. The SMILES string of the molecule is COc1cc(N)cc(Oc2ccccc2C(F)(F)F)c1. The Bertz CT molecular complexity index is 612. The minimum atomic E-state index is -4.49. The Hall–Kier alpha value is -2.37. The van der Waals surface area contributed by atoms with Gasteiger partial charge in [0.2, 0.25) is 0 Å². The van der Waals surface area contributed by atoms with Crippen LogP contribution in [0.15, 0.2) is 42.5 Å². The molecule has 2 rings (SSSR count). The summed E-state index contributed by atoms with van der Waals surface area (Å²) in [6.07, 6.45) is -4.49. The molecule has 0 saturated heterocycles. The molecule has 2 N–H and O–H groups in total. The highest BCUT2D eigenvalue weighted by molar-refractivity contribution is 5.52. The van der Waals surface area contributed by atoms with E-state index in [1.54, 1.807) is 6.07 Å². The lowest BCUT2D eigenvalue weighted by Crippen LogP contribution is -2.06. The molecular weight excluding hydrogens is 271 g/mol. The van der Waals surface area contributed by atoms with Gasteiger partial charge in [-0.15, -0.1) is 0 Å². The van der Waals surface area contributed by atoms with E-state index in [1.165, 1.54) is 37.4 Å². The van der Waals surface area contributed by atoms with Crippen LogP contribution in [0.5, 0.6) is 17.2 Å². The summed E-state index contributed by atoms with van der Waals surface area (Å²) < 4.78 is 48.8. The van der Waals surface area contributed by atoms with Crippen molar-refractivity contribution in [1.82, 2.24) is 0 Å². The Morgan fingerprint density at radius 3 is 2.30 bits per heavy atom. The Kier molecular flexibility index (Phi) is 3.74. The topological polar surface area (TPSA) is 44.5 Å². The Morgan fingerprint density at radius 1 is 1.00 bits per heavy atom. The van der Waals surface area contributed by atoms with Crippen LogP contribution in [0.25, 0.3) is 0 Å². The van der Waals surface area contributed by atoms with E-state index < -0.39 is 11.7 Å². The second-order valence-electron chi connectivity index (χ2n) is 4.04. The maximum absolute atomic E-state index is 12.8. The molecule has 0 fully saturated rings. The molecule has 0 atom stereocenters. The summed E-state index contributed by atoms with van der Waals surface area (Å²) in [6, 6.07) is 9.41. The van der Waals surface area contributed by atoms with E-state index in [-0.39, 0.29) is 11.5 Å². The molecule has 0 radical (unpaired) electrons. The molecule has 2 aromatic carbocycles. The van der Waals surface area contributed by atoms with E-state index in [4.69, 9.17) is 15.2 Å². The number of hydrogen-bond donors (Lipinski definition) is 1. The zero-order valence-corrected chi connectivity index (χ0v) is 10.6. The number of nitrogen functional groups attached to an aromatic ring is 1. The fourth-order valence-corrected chi connectivity index (χ4v) is 1.69. The molecule has 0 spiro atoms. The Morgan fingerprint density at radius 2 is 1.65 bits per heavy atom. The van der Waals surface area contributed by atoms with Gasteiger partial charge in [-0.3, -0.25) is 0 Å². The first kappa shape index (κ1) is 14.0. The molecule has 0 aliphatic carbocycles. The van der Waals surface area contributed by atoms with Gasteiger partial charge >= 0.3 is 6.18 Å². The summed E-state index contributed by atoms with van der Waals surface area (Å²) in [6.45, 7) is 0. The van der Waals surface area contributed by atoms with Crippen LogP contribution in [0, 0.1) is 0 Å². The van der Waals surface area contributed by atoms with Crippen molar-refractivity contribution >= 4 is 5.69 Å². The number of nitrogens with two attached hydrogens (primary N) is 1. The monoisotopic (exact) mass is 283 g/mol. The quantitative estimate of drug-likeness (QED) is 0.863. The largest absolute Gasteiger partial charge is 0.497 e. The summed E-state index contributed by atoms with van der Waals surface area (Å²) in [5, 5.41) is 0. The smallest absolute Gasteiger partial charge is 0.419 e. The standard InChI is InChI=1S/C14H12F3NO2/c1-19-10-6-9(18)7-11(8-10)20-13-5-3-2-4-12(13)14(15,16)17/h2-8H,18H2,1H3. The van der Waals surface area contributed by atoms with E-state index >= 15 is 0 Å². The molecule has 6 heteroatoms. The summed E-state index contributed by atoms with van der Waals surface area (Å²) in [7, 11) is 1.43. The van der Waals surface area contributed by atoms with Gasteiger partial charge in [-0.05, 0) is 12.1 Å². The highest BCUT2D eigenvalue weighted by atomic mass is 19.4. The summed E-state index contributed by atoms with van der Waals surface area (Å²) >= 11 is 0. The van der Waals surface area contributed by atoms with Crippen molar-refractivity contribution in [1.29, 1.82) is 0 Å². The number of alkyl halides is 3. The Labute approximate surface area is 113 Å². The first-order valence-electron chi connectivity index (χ1n) is 5.69. The molecule has 0 aliphatic heterocycles. The minimum Gasteiger partial charge on any atom is -0.497 e. The third-order valence-electron chi connectivity index (χ3n) is 2.56. The average molecular weight is 283 g/mol. The van der Waals surface area contributed by atoms with Crippen LogP contribution in [0.4, 0.5) is 18.9 Å². The normalized spacial score (nSPS) is 11.2. The molecule has 3 nitrogen and oxygen atoms in total. The molecule has 2 aromatic rings. The molecular formula is C14H12F3NO2. The predicted octanol–water partition coefficient (Wildman–Crippen LogP) is 4.09. The van der Waals surface area contributed by atoms with Gasteiger partial charge in [-0.25, -0.2) is 0 Å². The van der Waals surface area contributed by atoms with Crippen molar-refractivity contribution in [3.05, 3.63) is 48.0 Å². The predicted molar refractivity (Wildman–Crippen MR) is 68.9 cm³/mol. The van der Waals surface area contributed by atoms with Crippen LogP contribution in [0.2, 0.25) is 0 Å². The number of rotatable bonds is 3. The van der Waals surface area contributed by atoms with Crippen molar-refractivity contribution < 1.29 is 22.6 Å². The van der Waals surface area contributed by atoms with Crippen LogP contribution in [-0.4, -0.2) is 7.11 Å². The van der Waals surface area contributed by atoms with E-state index in [0.717, 1.165) is 6.07 Å². The molecule has 0 aliphatic rings. The van der Waals surface area contributed by atoms with Gasteiger partial charge in [0, 0.05) is 23.9 Å². The summed E-state index contributed by atoms with van der Waals surface area (Å²) in [5.74, 6) is 0.302. The minimum absolute atomic E-state index is 0.179. The van der Waals surface area contributed by atoms with Crippen molar-refractivity contribution in [3.8, 4) is 17.2 Å². The molecule has 0 heterocycles. The van der Waals surface area contributed by atoms with Gasteiger partial charge in [0.15, 0.2) is 0 Å². The van der Waals surface area contributed by atoms with Crippen LogP contribution < -0.4 is 15.2 Å². The van der Waals surface area contributed by atoms with E-state index in [9.17, 15) is 13.2 Å². The highest BCUT2D eigenvalue weighted by Gasteiger charge is 2.34. The second-order valence-corrected chi connectivity index (χ2v) is 4.04. The molecule has 106 valence electrons. The van der Waals surface area contributed by atoms with Crippen LogP contribution in [-0.2, 0) is 6.18 Å². The maximum Gasteiger partial charge on any atom is 0.419 e. The molecule has 0 amide bonds. The second kappa shape index (κ2) is 5.32. The third-order valence-corrected chi connectivity index (χ3v) is 2.56.